The third kappa shape index (κ3) is 3.86. The first-order chi connectivity index (χ1) is 14.3. The SMILES string of the molecule is CCc1ccc(-c2ccc(-c3ccc(-c4ccc(-c5cccs5)s4)s3)cc2)cc1. The van der Waals surface area contributed by atoms with Crippen LogP contribution < -0.4 is 0 Å². The first kappa shape index (κ1) is 18.6. The Balaban J connectivity index is 1.37. The highest BCUT2D eigenvalue weighted by Gasteiger charge is 2.09. The predicted molar refractivity (Wildman–Crippen MR) is 131 cm³/mol. The number of rotatable bonds is 5. The average Bonchev–Trinajstić information content (AvgIpc) is 3.55. The van der Waals surface area contributed by atoms with E-state index in [0.29, 0.717) is 0 Å². The van der Waals surface area contributed by atoms with Gasteiger partial charge in [0.05, 0.1) is 0 Å². The second kappa shape index (κ2) is 8.11. The number of thiophene rings is 3. The van der Waals surface area contributed by atoms with Crippen molar-refractivity contribution in [3.8, 4) is 41.1 Å². The van der Waals surface area contributed by atoms with Crippen molar-refractivity contribution >= 4 is 34.0 Å². The molecule has 0 aliphatic heterocycles. The van der Waals surface area contributed by atoms with E-state index in [9.17, 15) is 0 Å². The quantitative estimate of drug-likeness (QED) is 0.262. The molecule has 29 heavy (non-hydrogen) atoms. The van der Waals surface area contributed by atoms with E-state index < -0.39 is 0 Å². The van der Waals surface area contributed by atoms with Gasteiger partial charge in [0.15, 0.2) is 0 Å². The van der Waals surface area contributed by atoms with Crippen molar-refractivity contribution in [1.82, 2.24) is 0 Å². The number of hydrogen-bond donors (Lipinski definition) is 0. The molecule has 0 saturated heterocycles. The zero-order chi connectivity index (χ0) is 19.6. The van der Waals surface area contributed by atoms with Crippen LogP contribution in [0.1, 0.15) is 12.5 Å². The van der Waals surface area contributed by atoms with Crippen LogP contribution >= 0.6 is 34.0 Å². The summed E-state index contributed by atoms with van der Waals surface area (Å²) in [4.78, 5) is 6.70. The molecule has 5 aromatic rings. The van der Waals surface area contributed by atoms with Crippen LogP contribution in [0.15, 0.2) is 90.3 Å². The molecule has 0 radical (unpaired) electrons. The second-order valence-corrected chi connectivity index (χ2v) is 10.0. The first-order valence-corrected chi connectivity index (χ1v) is 12.2. The van der Waals surface area contributed by atoms with Crippen molar-refractivity contribution in [2.45, 2.75) is 13.3 Å². The lowest BCUT2D eigenvalue weighted by atomic mass is 10.0. The molecule has 0 aliphatic carbocycles. The fourth-order valence-electron chi connectivity index (χ4n) is 3.41. The predicted octanol–water partition coefficient (Wildman–Crippen LogP) is 9.10. The molecule has 142 valence electrons. The zero-order valence-electron chi connectivity index (χ0n) is 16.1. The number of aryl methyl sites for hydroxylation is 1. The van der Waals surface area contributed by atoms with Gasteiger partial charge in [0, 0.05) is 24.4 Å². The van der Waals surface area contributed by atoms with E-state index in [1.165, 1.54) is 46.6 Å². The first-order valence-electron chi connectivity index (χ1n) is 9.74. The van der Waals surface area contributed by atoms with Crippen molar-refractivity contribution in [2.75, 3.05) is 0 Å². The van der Waals surface area contributed by atoms with Gasteiger partial charge in [-0.3, -0.25) is 0 Å². The molecule has 0 unspecified atom stereocenters. The Labute approximate surface area is 183 Å². The van der Waals surface area contributed by atoms with Crippen LogP contribution in [-0.4, -0.2) is 0 Å². The van der Waals surface area contributed by atoms with Gasteiger partial charge in [-0.1, -0.05) is 61.5 Å². The summed E-state index contributed by atoms with van der Waals surface area (Å²) in [6, 6.07) is 31.1. The number of benzene rings is 2. The van der Waals surface area contributed by atoms with Crippen molar-refractivity contribution in [1.29, 1.82) is 0 Å². The van der Waals surface area contributed by atoms with Crippen LogP contribution in [0, 0.1) is 0 Å². The van der Waals surface area contributed by atoms with E-state index in [1.807, 2.05) is 22.7 Å². The minimum Gasteiger partial charge on any atom is -0.143 e. The van der Waals surface area contributed by atoms with Gasteiger partial charge in [0.1, 0.15) is 0 Å². The second-order valence-electron chi connectivity index (χ2n) is 6.93. The molecule has 2 aromatic carbocycles. The molecule has 0 nitrogen and oxygen atoms in total. The molecule has 0 amide bonds. The third-order valence-electron chi connectivity index (χ3n) is 5.08. The maximum atomic E-state index is 2.25. The summed E-state index contributed by atoms with van der Waals surface area (Å²) in [5, 5.41) is 2.14. The van der Waals surface area contributed by atoms with Gasteiger partial charge >= 0.3 is 0 Å². The zero-order valence-corrected chi connectivity index (χ0v) is 18.5. The molecule has 3 aromatic heterocycles. The highest BCUT2D eigenvalue weighted by atomic mass is 32.1. The highest BCUT2D eigenvalue weighted by Crippen LogP contribution is 2.41. The molecule has 3 heteroatoms. The summed E-state index contributed by atoms with van der Waals surface area (Å²) in [6.07, 6.45) is 1.08. The molecule has 0 fully saturated rings. The van der Waals surface area contributed by atoms with Crippen LogP contribution in [-0.2, 0) is 6.42 Å². The van der Waals surface area contributed by atoms with Crippen LogP contribution in [0.4, 0.5) is 0 Å². The summed E-state index contributed by atoms with van der Waals surface area (Å²) in [6.45, 7) is 2.19. The van der Waals surface area contributed by atoms with Gasteiger partial charge in [-0.05, 0) is 64.4 Å². The van der Waals surface area contributed by atoms with Gasteiger partial charge in [0.25, 0.3) is 0 Å². The largest absolute Gasteiger partial charge is 0.143 e. The van der Waals surface area contributed by atoms with Gasteiger partial charge in [-0.25, -0.2) is 0 Å². The summed E-state index contributed by atoms with van der Waals surface area (Å²) in [7, 11) is 0. The Bertz CT molecular complexity index is 1200. The molecular weight excluding hydrogens is 408 g/mol. The fourth-order valence-corrected chi connectivity index (χ4v) is 6.35. The van der Waals surface area contributed by atoms with E-state index in [-0.39, 0.29) is 0 Å². The fraction of sp³-hybridized carbons (Fsp3) is 0.0769. The highest BCUT2D eigenvalue weighted by molar-refractivity contribution is 7.27. The maximum absolute atomic E-state index is 2.25. The summed E-state index contributed by atoms with van der Waals surface area (Å²) in [5.74, 6) is 0. The summed E-state index contributed by atoms with van der Waals surface area (Å²) in [5.41, 5.74) is 5.21. The molecule has 0 atom stereocenters. The molecule has 0 N–H and O–H groups in total. The van der Waals surface area contributed by atoms with Gasteiger partial charge < -0.3 is 0 Å². The Morgan fingerprint density at radius 3 is 1.62 bits per heavy atom. The molecular formula is C26H20S3. The minimum atomic E-state index is 1.08. The van der Waals surface area contributed by atoms with E-state index in [1.54, 1.807) is 11.3 Å². The smallest absolute Gasteiger partial charge is 0.0449 e. The van der Waals surface area contributed by atoms with Crippen LogP contribution in [0.25, 0.3) is 41.1 Å². The Morgan fingerprint density at radius 1 is 0.517 bits per heavy atom. The van der Waals surface area contributed by atoms with Gasteiger partial charge in [-0.2, -0.15) is 0 Å². The minimum absolute atomic E-state index is 1.08. The van der Waals surface area contributed by atoms with Gasteiger partial charge in [0.2, 0.25) is 0 Å². The van der Waals surface area contributed by atoms with E-state index in [2.05, 4.69) is 97.2 Å². The number of hydrogen-bond acceptors (Lipinski definition) is 3. The topological polar surface area (TPSA) is 0 Å². The Morgan fingerprint density at radius 2 is 1.03 bits per heavy atom. The van der Waals surface area contributed by atoms with Crippen molar-refractivity contribution in [2.24, 2.45) is 0 Å². The maximum Gasteiger partial charge on any atom is 0.0449 e. The van der Waals surface area contributed by atoms with Crippen molar-refractivity contribution in [3.05, 3.63) is 95.9 Å². The van der Waals surface area contributed by atoms with E-state index >= 15 is 0 Å². The monoisotopic (exact) mass is 428 g/mol. The van der Waals surface area contributed by atoms with Crippen LogP contribution in [0.3, 0.4) is 0 Å². The molecule has 0 saturated carbocycles. The Kier molecular flexibility index (Phi) is 5.19. The third-order valence-corrected chi connectivity index (χ3v) is 8.56. The molecule has 0 spiro atoms. The average molecular weight is 429 g/mol. The van der Waals surface area contributed by atoms with Crippen molar-refractivity contribution < 1.29 is 0 Å². The molecule has 0 aliphatic rings. The van der Waals surface area contributed by atoms with Crippen LogP contribution in [0.2, 0.25) is 0 Å². The molecule has 0 bridgehead atoms. The summed E-state index contributed by atoms with van der Waals surface area (Å²) >= 11 is 5.55. The van der Waals surface area contributed by atoms with Crippen LogP contribution in [0.5, 0.6) is 0 Å². The van der Waals surface area contributed by atoms with Crippen molar-refractivity contribution in [3.63, 3.8) is 0 Å². The van der Waals surface area contributed by atoms with E-state index in [0.717, 1.165) is 6.42 Å². The lowest BCUT2D eigenvalue weighted by Crippen LogP contribution is -1.81. The Hall–Kier alpha value is -2.46. The van der Waals surface area contributed by atoms with Gasteiger partial charge in [-0.15, -0.1) is 34.0 Å². The normalized spacial score (nSPS) is 11.1. The molecule has 5 rings (SSSR count). The molecule has 3 heterocycles. The lowest BCUT2D eigenvalue weighted by Gasteiger charge is -2.05. The van der Waals surface area contributed by atoms with E-state index in [4.69, 9.17) is 0 Å². The standard InChI is InChI=1S/C26H20S3/c1-2-18-5-7-19(8-6-18)20-9-11-21(12-10-20)22-13-14-25(28-22)26-16-15-24(29-26)23-4-3-17-27-23/h3-17H,2H2,1H3. The lowest BCUT2D eigenvalue weighted by molar-refractivity contribution is 1.14. The summed E-state index contributed by atoms with van der Waals surface area (Å²) < 4.78 is 0.